The fourth-order valence-corrected chi connectivity index (χ4v) is 2.68. The highest BCUT2D eigenvalue weighted by Crippen LogP contribution is 2.27. The summed E-state index contributed by atoms with van der Waals surface area (Å²) in [5, 5.41) is 6.37. The molecule has 2 heterocycles. The molecule has 2 aromatic heterocycles. The third kappa shape index (κ3) is 2.87. The largest absolute Gasteiger partial charge is 0.326 e. The average Bonchev–Trinajstić information content (AvgIpc) is 2.56. The van der Waals surface area contributed by atoms with Crippen LogP contribution in [0.15, 0.2) is 28.3 Å². The maximum atomic E-state index is 5.66. The number of hydrogen-bond acceptors (Lipinski definition) is 4. The minimum Gasteiger partial charge on any atom is -0.326 e. The maximum Gasteiger partial charge on any atom is 0.103 e. The van der Waals surface area contributed by atoms with Crippen LogP contribution in [0.2, 0.25) is 0 Å². The summed E-state index contributed by atoms with van der Waals surface area (Å²) in [6.07, 6.45) is 0. The van der Waals surface area contributed by atoms with Crippen molar-refractivity contribution in [3.63, 3.8) is 0 Å². The van der Waals surface area contributed by atoms with Crippen LogP contribution in [-0.4, -0.2) is 14.8 Å². The Hall–Kier alpha value is -1.33. The van der Waals surface area contributed by atoms with E-state index in [4.69, 9.17) is 5.73 Å². The van der Waals surface area contributed by atoms with Gasteiger partial charge >= 0.3 is 0 Å². The zero-order chi connectivity index (χ0) is 12.4. The normalized spacial score (nSPS) is 10.8. The highest BCUT2D eigenvalue weighted by atomic mass is 32.2. The predicted octanol–water partition coefficient (Wildman–Crippen LogP) is 2.04. The number of aromatic nitrogens is 3. The van der Waals surface area contributed by atoms with Gasteiger partial charge in [0.25, 0.3) is 0 Å². The molecule has 90 valence electrons. The van der Waals surface area contributed by atoms with Gasteiger partial charge in [0.05, 0.1) is 5.69 Å². The molecule has 0 spiro atoms. The van der Waals surface area contributed by atoms with E-state index in [2.05, 4.69) is 16.1 Å². The van der Waals surface area contributed by atoms with Gasteiger partial charge in [-0.3, -0.25) is 4.68 Å². The van der Waals surface area contributed by atoms with Gasteiger partial charge in [-0.05, 0) is 37.6 Å². The second-order valence-electron chi connectivity index (χ2n) is 4.01. The molecule has 0 atom stereocenters. The maximum absolute atomic E-state index is 5.66. The molecule has 2 aromatic rings. The van der Waals surface area contributed by atoms with Gasteiger partial charge in [0, 0.05) is 19.3 Å². The molecule has 17 heavy (non-hydrogen) atoms. The first kappa shape index (κ1) is 12.1. The summed E-state index contributed by atoms with van der Waals surface area (Å²) in [6, 6.07) is 6.09. The van der Waals surface area contributed by atoms with Crippen molar-refractivity contribution in [3.8, 4) is 0 Å². The molecule has 4 nitrogen and oxygen atoms in total. The van der Waals surface area contributed by atoms with Gasteiger partial charge < -0.3 is 5.73 Å². The lowest BCUT2D eigenvalue weighted by atomic mass is 10.2. The van der Waals surface area contributed by atoms with E-state index in [1.807, 2.05) is 37.7 Å². The lowest BCUT2D eigenvalue weighted by molar-refractivity contribution is 0.692. The summed E-state index contributed by atoms with van der Waals surface area (Å²) < 4.78 is 1.87. The highest BCUT2D eigenvalue weighted by molar-refractivity contribution is 7.99. The van der Waals surface area contributed by atoms with Crippen molar-refractivity contribution < 1.29 is 0 Å². The second kappa shape index (κ2) is 4.89. The Morgan fingerprint density at radius 2 is 2.00 bits per heavy atom. The Morgan fingerprint density at radius 1 is 1.24 bits per heavy atom. The molecule has 0 bridgehead atoms. The van der Waals surface area contributed by atoms with Crippen molar-refractivity contribution in [1.29, 1.82) is 0 Å². The predicted molar refractivity (Wildman–Crippen MR) is 68.9 cm³/mol. The average molecular weight is 248 g/mol. The first-order valence-electron chi connectivity index (χ1n) is 5.44. The number of nitrogens with zero attached hydrogens (tertiary/aromatic N) is 3. The van der Waals surface area contributed by atoms with E-state index >= 15 is 0 Å². The molecule has 2 rings (SSSR count). The second-order valence-corrected chi connectivity index (χ2v) is 5.05. The van der Waals surface area contributed by atoms with E-state index < -0.39 is 0 Å². The van der Waals surface area contributed by atoms with Crippen LogP contribution in [0.4, 0.5) is 0 Å². The van der Waals surface area contributed by atoms with Crippen LogP contribution >= 0.6 is 11.8 Å². The first-order chi connectivity index (χ1) is 8.08. The summed E-state index contributed by atoms with van der Waals surface area (Å²) in [5.74, 6) is 0. The number of aryl methyl sites for hydroxylation is 3. The Bertz CT molecular complexity index is 533. The summed E-state index contributed by atoms with van der Waals surface area (Å²) in [6.45, 7) is 4.51. The van der Waals surface area contributed by atoms with E-state index in [1.54, 1.807) is 11.8 Å². The van der Waals surface area contributed by atoms with Gasteiger partial charge in [0.2, 0.25) is 0 Å². The van der Waals surface area contributed by atoms with Gasteiger partial charge in [0.1, 0.15) is 10.1 Å². The van der Waals surface area contributed by atoms with Crippen LogP contribution in [-0.2, 0) is 13.6 Å². The number of pyridine rings is 1. The van der Waals surface area contributed by atoms with E-state index in [0.717, 1.165) is 27.0 Å². The highest BCUT2D eigenvalue weighted by Gasteiger charge is 2.06. The van der Waals surface area contributed by atoms with Crippen molar-refractivity contribution in [2.75, 3.05) is 0 Å². The van der Waals surface area contributed by atoms with E-state index in [0.29, 0.717) is 6.54 Å². The minimum atomic E-state index is 0.543. The Balaban J connectivity index is 2.29. The standard InChI is InChI=1S/C12H16N4S/c1-8-4-10(7-13)6-11(14-8)17-12-5-9(2)15-16(12)3/h4-6H,7,13H2,1-3H3. The van der Waals surface area contributed by atoms with Gasteiger partial charge in [-0.25, -0.2) is 4.98 Å². The van der Waals surface area contributed by atoms with Gasteiger partial charge in [-0.2, -0.15) is 5.10 Å². The van der Waals surface area contributed by atoms with Crippen LogP contribution in [0.1, 0.15) is 17.0 Å². The molecule has 0 fully saturated rings. The first-order valence-corrected chi connectivity index (χ1v) is 6.26. The molecule has 0 amide bonds. The zero-order valence-electron chi connectivity index (χ0n) is 10.3. The third-order valence-corrected chi connectivity index (χ3v) is 3.40. The fourth-order valence-electron chi connectivity index (χ4n) is 1.67. The number of rotatable bonds is 3. The Morgan fingerprint density at radius 3 is 2.59 bits per heavy atom. The van der Waals surface area contributed by atoms with Gasteiger partial charge in [-0.15, -0.1) is 0 Å². The topological polar surface area (TPSA) is 56.7 Å². The smallest absolute Gasteiger partial charge is 0.103 e. The molecule has 0 radical (unpaired) electrons. The van der Waals surface area contributed by atoms with Crippen LogP contribution in [0, 0.1) is 13.8 Å². The van der Waals surface area contributed by atoms with Crippen LogP contribution < -0.4 is 5.73 Å². The van der Waals surface area contributed by atoms with Crippen molar-refractivity contribution in [2.24, 2.45) is 12.8 Å². The van der Waals surface area contributed by atoms with E-state index in [-0.39, 0.29) is 0 Å². The Kier molecular flexibility index (Phi) is 3.49. The molecule has 0 saturated carbocycles. The van der Waals surface area contributed by atoms with Crippen LogP contribution in [0.5, 0.6) is 0 Å². The fraction of sp³-hybridized carbons (Fsp3) is 0.333. The molecule has 0 aliphatic heterocycles. The lowest BCUT2D eigenvalue weighted by Gasteiger charge is -2.05. The molecular formula is C12H16N4S. The summed E-state index contributed by atoms with van der Waals surface area (Å²) >= 11 is 1.61. The van der Waals surface area contributed by atoms with Crippen molar-refractivity contribution in [1.82, 2.24) is 14.8 Å². The minimum absolute atomic E-state index is 0.543. The third-order valence-electron chi connectivity index (χ3n) is 2.39. The molecule has 0 unspecified atom stereocenters. The van der Waals surface area contributed by atoms with Crippen molar-refractivity contribution in [2.45, 2.75) is 30.4 Å². The quantitative estimate of drug-likeness (QED) is 0.903. The summed E-state index contributed by atoms with van der Waals surface area (Å²) in [4.78, 5) is 4.49. The molecule has 0 aliphatic rings. The van der Waals surface area contributed by atoms with Gasteiger partial charge in [-0.1, -0.05) is 11.8 Å². The van der Waals surface area contributed by atoms with Crippen molar-refractivity contribution >= 4 is 11.8 Å². The zero-order valence-corrected chi connectivity index (χ0v) is 11.1. The molecule has 2 N–H and O–H groups in total. The number of nitrogens with two attached hydrogens (primary N) is 1. The molecular weight excluding hydrogens is 232 g/mol. The molecule has 0 aliphatic carbocycles. The van der Waals surface area contributed by atoms with Gasteiger partial charge in [0.15, 0.2) is 0 Å². The molecule has 0 saturated heterocycles. The van der Waals surface area contributed by atoms with Crippen LogP contribution in [0.3, 0.4) is 0 Å². The lowest BCUT2D eigenvalue weighted by Crippen LogP contribution is -1.99. The van der Waals surface area contributed by atoms with E-state index in [9.17, 15) is 0 Å². The summed E-state index contributed by atoms with van der Waals surface area (Å²) in [7, 11) is 1.94. The molecule has 5 heteroatoms. The van der Waals surface area contributed by atoms with E-state index in [1.165, 1.54) is 0 Å². The van der Waals surface area contributed by atoms with Crippen LogP contribution in [0.25, 0.3) is 0 Å². The summed E-state index contributed by atoms with van der Waals surface area (Å²) in [5.41, 5.74) is 8.78. The SMILES string of the molecule is Cc1cc(CN)cc(Sc2cc(C)nn2C)n1. The Labute approximate surface area is 105 Å². The molecule has 0 aromatic carbocycles. The number of hydrogen-bond donors (Lipinski definition) is 1. The monoisotopic (exact) mass is 248 g/mol. The van der Waals surface area contributed by atoms with Crippen molar-refractivity contribution in [3.05, 3.63) is 35.2 Å².